The van der Waals surface area contributed by atoms with Gasteiger partial charge in [-0.1, -0.05) is 0 Å². The van der Waals surface area contributed by atoms with Crippen LogP contribution in [-0.2, 0) is 4.74 Å². The molecule has 2 N–H and O–H groups in total. The summed E-state index contributed by atoms with van der Waals surface area (Å²) in [4.78, 5) is 0. The van der Waals surface area contributed by atoms with E-state index in [2.05, 4.69) is 5.32 Å². The maximum Gasteiger partial charge on any atom is 0.0929 e. The Labute approximate surface area is 55.0 Å². The summed E-state index contributed by atoms with van der Waals surface area (Å²) in [6, 6.07) is 0. The van der Waals surface area contributed by atoms with Crippen molar-refractivity contribution in [3.05, 3.63) is 0 Å². The van der Waals surface area contributed by atoms with Crippen molar-refractivity contribution in [3.8, 4) is 0 Å². The van der Waals surface area contributed by atoms with Gasteiger partial charge in [-0.05, 0) is 13.0 Å². The van der Waals surface area contributed by atoms with Crippen LogP contribution in [0.1, 0.15) is 6.42 Å². The van der Waals surface area contributed by atoms with Crippen molar-refractivity contribution in [1.29, 1.82) is 0 Å². The monoisotopic (exact) mass is 131 g/mol. The lowest BCUT2D eigenvalue weighted by molar-refractivity contribution is 0.0249. The lowest BCUT2D eigenvalue weighted by Crippen LogP contribution is -2.28. The fraction of sp³-hybridized carbons (Fsp3) is 1.00. The van der Waals surface area contributed by atoms with Gasteiger partial charge in [-0.25, -0.2) is 0 Å². The van der Waals surface area contributed by atoms with Gasteiger partial charge in [0.1, 0.15) is 0 Å². The van der Waals surface area contributed by atoms with Crippen molar-refractivity contribution >= 4 is 0 Å². The van der Waals surface area contributed by atoms with Crippen LogP contribution >= 0.6 is 0 Å². The van der Waals surface area contributed by atoms with E-state index < -0.39 is 0 Å². The smallest absolute Gasteiger partial charge is 0.0929 e. The van der Waals surface area contributed by atoms with Gasteiger partial charge in [-0.2, -0.15) is 0 Å². The number of ether oxygens (including phenoxy) is 1. The molecule has 3 heteroatoms. The summed E-state index contributed by atoms with van der Waals surface area (Å²) in [5, 5.41) is 11.8. The van der Waals surface area contributed by atoms with Crippen LogP contribution in [0.4, 0.5) is 0 Å². The highest BCUT2D eigenvalue weighted by Crippen LogP contribution is 1.94. The molecule has 1 aliphatic heterocycles. The Bertz CT molecular complexity index is 69.5. The lowest BCUT2D eigenvalue weighted by atomic mass is 10.4. The van der Waals surface area contributed by atoms with E-state index in [-0.39, 0.29) is 12.7 Å². The number of hydrogen-bond donors (Lipinski definition) is 2. The second-order valence-corrected chi connectivity index (χ2v) is 2.23. The van der Waals surface area contributed by atoms with Crippen LogP contribution in [-0.4, -0.2) is 37.5 Å². The third-order valence-electron chi connectivity index (χ3n) is 1.43. The third kappa shape index (κ3) is 2.30. The standard InChI is InChI=1S/C6H13NO2/c8-5-6-4-7-2-1-3-9-6/h6-8H,1-5H2. The molecule has 9 heavy (non-hydrogen) atoms. The van der Waals surface area contributed by atoms with Crippen molar-refractivity contribution in [2.45, 2.75) is 12.5 Å². The van der Waals surface area contributed by atoms with Crippen molar-refractivity contribution in [2.75, 3.05) is 26.3 Å². The Kier molecular flexibility index (Phi) is 2.97. The Hall–Kier alpha value is -0.120. The Morgan fingerprint density at radius 3 is 3.33 bits per heavy atom. The van der Waals surface area contributed by atoms with E-state index in [1.54, 1.807) is 0 Å². The van der Waals surface area contributed by atoms with Crippen LogP contribution in [0.3, 0.4) is 0 Å². The van der Waals surface area contributed by atoms with Gasteiger partial charge in [-0.3, -0.25) is 0 Å². The molecule has 0 spiro atoms. The summed E-state index contributed by atoms with van der Waals surface area (Å²) >= 11 is 0. The van der Waals surface area contributed by atoms with E-state index in [0.717, 1.165) is 26.1 Å². The van der Waals surface area contributed by atoms with Gasteiger partial charge >= 0.3 is 0 Å². The highest BCUT2D eigenvalue weighted by atomic mass is 16.5. The fourth-order valence-electron chi connectivity index (χ4n) is 0.886. The van der Waals surface area contributed by atoms with Gasteiger partial charge in [0, 0.05) is 13.2 Å². The average Bonchev–Trinajstić information content (AvgIpc) is 2.13. The predicted molar refractivity (Wildman–Crippen MR) is 34.3 cm³/mol. The van der Waals surface area contributed by atoms with E-state index in [1.807, 2.05) is 0 Å². The minimum absolute atomic E-state index is 0.0208. The van der Waals surface area contributed by atoms with Gasteiger partial charge < -0.3 is 15.2 Å². The first-order chi connectivity index (χ1) is 4.43. The molecule has 1 aliphatic rings. The molecule has 0 aliphatic carbocycles. The molecule has 1 rings (SSSR count). The molecule has 1 fully saturated rings. The summed E-state index contributed by atoms with van der Waals surface area (Å²) in [6.45, 7) is 2.71. The number of hydrogen-bond acceptors (Lipinski definition) is 3. The van der Waals surface area contributed by atoms with Gasteiger partial charge in [0.25, 0.3) is 0 Å². The normalized spacial score (nSPS) is 29.7. The molecular formula is C6H13NO2. The number of aliphatic hydroxyl groups is 1. The van der Waals surface area contributed by atoms with E-state index in [0.29, 0.717) is 0 Å². The SMILES string of the molecule is OCC1CNCCCO1. The van der Waals surface area contributed by atoms with E-state index in [1.165, 1.54) is 0 Å². The maximum absolute atomic E-state index is 8.65. The minimum Gasteiger partial charge on any atom is -0.394 e. The van der Waals surface area contributed by atoms with Gasteiger partial charge in [0.2, 0.25) is 0 Å². The van der Waals surface area contributed by atoms with Crippen LogP contribution in [0.15, 0.2) is 0 Å². The van der Waals surface area contributed by atoms with Gasteiger partial charge in [0.05, 0.1) is 12.7 Å². The Morgan fingerprint density at radius 1 is 1.67 bits per heavy atom. The lowest BCUT2D eigenvalue weighted by Gasteiger charge is -2.09. The van der Waals surface area contributed by atoms with Crippen molar-refractivity contribution in [1.82, 2.24) is 5.32 Å². The highest BCUT2D eigenvalue weighted by molar-refractivity contribution is 4.63. The van der Waals surface area contributed by atoms with Crippen molar-refractivity contribution in [3.63, 3.8) is 0 Å². The number of aliphatic hydroxyl groups excluding tert-OH is 1. The Balaban J connectivity index is 2.18. The molecule has 1 saturated heterocycles. The number of nitrogens with one attached hydrogen (secondary N) is 1. The molecule has 0 aromatic rings. The molecule has 54 valence electrons. The first-order valence-electron chi connectivity index (χ1n) is 3.36. The molecule has 1 heterocycles. The topological polar surface area (TPSA) is 41.5 Å². The summed E-state index contributed by atoms with van der Waals surface area (Å²) in [5.41, 5.74) is 0. The van der Waals surface area contributed by atoms with Crippen LogP contribution in [0.5, 0.6) is 0 Å². The summed E-state index contributed by atoms with van der Waals surface area (Å²) in [6.07, 6.45) is 1.07. The van der Waals surface area contributed by atoms with Crippen LogP contribution in [0.25, 0.3) is 0 Å². The molecular weight excluding hydrogens is 118 g/mol. The largest absolute Gasteiger partial charge is 0.394 e. The molecule has 1 atom stereocenters. The predicted octanol–water partition coefficient (Wildman–Crippen LogP) is -0.643. The van der Waals surface area contributed by atoms with E-state index in [9.17, 15) is 0 Å². The van der Waals surface area contributed by atoms with E-state index in [4.69, 9.17) is 9.84 Å². The molecule has 3 nitrogen and oxygen atoms in total. The van der Waals surface area contributed by atoms with Crippen molar-refractivity contribution < 1.29 is 9.84 Å². The maximum atomic E-state index is 8.65. The molecule has 0 amide bonds. The first-order valence-corrected chi connectivity index (χ1v) is 3.36. The molecule has 0 radical (unpaired) electrons. The van der Waals surface area contributed by atoms with Gasteiger partial charge in [-0.15, -0.1) is 0 Å². The fourth-order valence-corrected chi connectivity index (χ4v) is 0.886. The first kappa shape index (κ1) is 6.99. The molecule has 0 saturated carbocycles. The number of rotatable bonds is 1. The zero-order valence-electron chi connectivity index (χ0n) is 5.47. The molecule has 0 aromatic carbocycles. The zero-order valence-corrected chi connectivity index (χ0v) is 5.47. The van der Waals surface area contributed by atoms with Crippen LogP contribution in [0.2, 0.25) is 0 Å². The summed E-state index contributed by atoms with van der Waals surface area (Å²) < 4.78 is 5.24. The van der Waals surface area contributed by atoms with Crippen LogP contribution in [0, 0.1) is 0 Å². The zero-order chi connectivity index (χ0) is 6.53. The summed E-state index contributed by atoms with van der Waals surface area (Å²) in [5.74, 6) is 0. The van der Waals surface area contributed by atoms with Crippen molar-refractivity contribution in [2.24, 2.45) is 0 Å². The quantitative estimate of drug-likeness (QED) is 0.497. The van der Waals surface area contributed by atoms with Crippen LogP contribution < -0.4 is 5.32 Å². The highest BCUT2D eigenvalue weighted by Gasteiger charge is 2.09. The van der Waals surface area contributed by atoms with E-state index >= 15 is 0 Å². The molecule has 1 unspecified atom stereocenters. The Morgan fingerprint density at radius 2 is 2.56 bits per heavy atom. The molecule has 0 aromatic heterocycles. The third-order valence-corrected chi connectivity index (χ3v) is 1.43. The van der Waals surface area contributed by atoms with Gasteiger partial charge in [0.15, 0.2) is 0 Å². The summed E-state index contributed by atoms with van der Waals surface area (Å²) in [7, 11) is 0. The second-order valence-electron chi connectivity index (χ2n) is 2.23. The minimum atomic E-state index is 0.0208. The average molecular weight is 131 g/mol. The second kappa shape index (κ2) is 3.82. The molecule has 0 bridgehead atoms.